The first kappa shape index (κ1) is 25.2. The molecule has 1 rings (SSSR count). The van der Waals surface area contributed by atoms with Crippen LogP contribution in [0.1, 0.15) is 68.2 Å². The van der Waals surface area contributed by atoms with E-state index in [1.807, 2.05) is 40.7 Å². The van der Waals surface area contributed by atoms with Crippen LogP contribution in [0, 0.1) is 5.92 Å². The Hall–Kier alpha value is -0.853. The van der Waals surface area contributed by atoms with Gasteiger partial charge in [0.25, 0.3) is 0 Å². The van der Waals surface area contributed by atoms with Crippen LogP contribution in [0.25, 0.3) is 0 Å². The predicted molar refractivity (Wildman–Crippen MR) is 118 cm³/mol. The second kappa shape index (κ2) is 8.88. The van der Waals surface area contributed by atoms with Crippen molar-refractivity contribution < 1.29 is 18.7 Å². The molecule has 0 saturated carbocycles. The van der Waals surface area contributed by atoms with Crippen molar-refractivity contribution in [3.05, 3.63) is 12.7 Å². The lowest BCUT2D eigenvalue weighted by molar-refractivity contribution is -0.0632. The summed E-state index contributed by atoms with van der Waals surface area (Å²) in [5.41, 5.74) is -1.21. The molecule has 5 nitrogen and oxygen atoms in total. The highest BCUT2D eigenvalue weighted by Crippen LogP contribution is 2.38. The summed E-state index contributed by atoms with van der Waals surface area (Å²) in [5, 5.41) is 0.173. The van der Waals surface area contributed by atoms with E-state index < -0.39 is 19.6 Å². The summed E-state index contributed by atoms with van der Waals surface area (Å²) in [5.74, 6) is 0.291. The molecule has 0 aromatic carbocycles. The van der Waals surface area contributed by atoms with Crippen molar-refractivity contribution in [2.24, 2.45) is 5.92 Å². The molecule has 0 N–H and O–H groups in total. The van der Waals surface area contributed by atoms with Gasteiger partial charge in [0.1, 0.15) is 11.3 Å². The predicted octanol–water partition coefficient (Wildman–Crippen LogP) is 5.96. The van der Waals surface area contributed by atoms with E-state index in [0.29, 0.717) is 19.1 Å². The van der Waals surface area contributed by atoms with E-state index in [4.69, 9.17) is 13.9 Å². The number of amides is 1. The maximum Gasteiger partial charge on any atom is 0.412 e. The van der Waals surface area contributed by atoms with Crippen LogP contribution in [0.4, 0.5) is 4.79 Å². The molecular formula is C22H43NO4Si. The number of rotatable bonds is 7. The maximum absolute atomic E-state index is 12.9. The summed E-state index contributed by atoms with van der Waals surface area (Å²) in [6.07, 6.45) is 3.29. The molecule has 1 heterocycles. The average Bonchev–Trinajstić information content (AvgIpc) is 2.77. The van der Waals surface area contributed by atoms with Crippen LogP contribution in [0.2, 0.25) is 18.1 Å². The van der Waals surface area contributed by atoms with Crippen LogP contribution in [0.5, 0.6) is 0 Å². The van der Waals surface area contributed by atoms with Gasteiger partial charge in [0.2, 0.25) is 0 Å². The number of nitrogens with zero attached hydrogens (tertiary/aromatic N) is 1. The molecule has 1 fully saturated rings. The van der Waals surface area contributed by atoms with Gasteiger partial charge in [-0.2, -0.15) is 0 Å². The van der Waals surface area contributed by atoms with E-state index in [1.165, 1.54) is 0 Å². The van der Waals surface area contributed by atoms with E-state index in [2.05, 4.69) is 40.4 Å². The van der Waals surface area contributed by atoms with Gasteiger partial charge in [-0.05, 0) is 71.5 Å². The molecule has 0 unspecified atom stereocenters. The quantitative estimate of drug-likeness (QED) is 0.381. The number of carbonyl (C=O) groups excluding carboxylic acids is 1. The minimum Gasteiger partial charge on any atom is -0.444 e. The summed E-state index contributed by atoms with van der Waals surface area (Å²) in [7, 11) is -1.82. The zero-order valence-electron chi connectivity index (χ0n) is 19.8. The number of hydrogen-bond donors (Lipinski definition) is 0. The third-order valence-corrected chi connectivity index (χ3v) is 10.3. The molecule has 2 atom stereocenters. The first-order valence-corrected chi connectivity index (χ1v) is 13.3. The van der Waals surface area contributed by atoms with Crippen molar-refractivity contribution in [1.82, 2.24) is 4.90 Å². The smallest absolute Gasteiger partial charge is 0.412 e. The fraction of sp³-hybridized carbons (Fsp3) is 0.864. The largest absolute Gasteiger partial charge is 0.444 e. The van der Waals surface area contributed by atoms with Gasteiger partial charge >= 0.3 is 6.09 Å². The number of allylic oxidation sites excluding steroid dienone is 1. The van der Waals surface area contributed by atoms with Gasteiger partial charge in [-0.25, -0.2) is 4.79 Å². The second-order valence-corrected chi connectivity index (χ2v) is 15.8. The van der Waals surface area contributed by atoms with Crippen LogP contribution in [0.3, 0.4) is 0 Å². The molecule has 0 aliphatic carbocycles. The molecule has 28 heavy (non-hydrogen) atoms. The summed E-state index contributed by atoms with van der Waals surface area (Å²) in [4.78, 5) is 14.6. The minimum atomic E-state index is -1.82. The van der Waals surface area contributed by atoms with Gasteiger partial charge in [-0.15, -0.1) is 6.58 Å². The molecule has 0 aromatic rings. The Morgan fingerprint density at radius 1 is 1.29 bits per heavy atom. The van der Waals surface area contributed by atoms with Crippen molar-refractivity contribution >= 4 is 14.4 Å². The highest BCUT2D eigenvalue weighted by Gasteiger charge is 2.46. The van der Waals surface area contributed by atoms with Gasteiger partial charge in [0.15, 0.2) is 8.32 Å². The van der Waals surface area contributed by atoms with Crippen molar-refractivity contribution in [1.29, 1.82) is 0 Å². The summed E-state index contributed by atoms with van der Waals surface area (Å²) in [6, 6.07) is -0.0298. The molecule has 1 aliphatic rings. The van der Waals surface area contributed by atoms with E-state index >= 15 is 0 Å². The molecular weight excluding hydrogens is 370 g/mol. The molecule has 0 spiro atoms. The number of carbonyl (C=O) groups is 1. The standard InChI is InChI=1S/C22H43NO4Si/c1-12-13-17(15-26-28(10,11)21(5,6)7)14-18-16-25-22(8,9)23(18)19(24)27-20(2,3)4/h12,17-18H,1,13-16H2,2-11H3/t17-,18+/m1/s1. The molecule has 164 valence electrons. The normalized spacial score (nSPS) is 21.5. The second-order valence-electron chi connectivity index (χ2n) is 11.0. The van der Waals surface area contributed by atoms with E-state index in [-0.39, 0.29) is 17.2 Å². The first-order chi connectivity index (χ1) is 12.5. The van der Waals surface area contributed by atoms with Gasteiger partial charge in [-0.1, -0.05) is 26.8 Å². The Balaban J connectivity index is 2.89. The monoisotopic (exact) mass is 413 g/mol. The molecule has 0 radical (unpaired) electrons. The topological polar surface area (TPSA) is 48.0 Å². The Morgan fingerprint density at radius 2 is 1.86 bits per heavy atom. The fourth-order valence-corrected chi connectivity index (χ4v) is 4.22. The average molecular weight is 414 g/mol. The van der Waals surface area contributed by atoms with E-state index in [0.717, 1.165) is 12.8 Å². The molecule has 1 saturated heterocycles. The summed E-state index contributed by atoms with van der Waals surface area (Å²) in [6.45, 7) is 25.9. The van der Waals surface area contributed by atoms with Crippen LogP contribution < -0.4 is 0 Å². The highest BCUT2D eigenvalue weighted by molar-refractivity contribution is 6.74. The van der Waals surface area contributed by atoms with Crippen LogP contribution in [-0.4, -0.2) is 49.9 Å². The Bertz CT molecular complexity index is 546. The lowest BCUT2D eigenvalue weighted by Gasteiger charge is -2.38. The van der Waals surface area contributed by atoms with E-state index in [9.17, 15) is 4.79 Å². The minimum absolute atomic E-state index is 0.0298. The molecule has 6 heteroatoms. The number of ether oxygens (including phenoxy) is 2. The van der Waals surface area contributed by atoms with Crippen LogP contribution in [-0.2, 0) is 13.9 Å². The highest BCUT2D eigenvalue weighted by atomic mass is 28.4. The van der Waals surface area contributed by atoms with E-state index in [1.54, 1.807) is 4.90 Å². The van der Waals surface area contributed by atoms with Crippen LogP contribution in [0.15, 0.2) is 12.7 Å². The van der Waals surface area contributed by atoms with Gasteiger partial charge in [-0.3, -0.25) is 4.90 Å². The third kappa shape index (κ3) is 6.89. The van der Waals surface area contributed by atoms with Crippen LogP contribution >= 0.6 is 0 Å². The molecule has 0 aromatic heterocycles. The zero-order valence-corrected chi connectivity index (χ0v) is 20.8. The first-order valence-electron chi connectivity index (χ1n) is 10.4. The van der Waals surface area contributed by atoms with Gasteiger partial charge in [0.05, 0.1) is 12.6 Å². The maximum atomic E-state index is 12.9. The molecule has 1 amide bonds. The Kier molecular flexibility index (Phi) is 7.99. The van der Waals surface area contributed by atoms with Crippen molar-refractivity contribution in [3.63, 3.8) is 0 Å². The third-order valence-electron chi connectivity index (χ3n) is 5.76. The summed E-state index contributed by atoms with van der Waals surface area (Å²) >= 11 is 0. The SMILES string of the molecule is C=CC[C@@H](CO[Si](C)(C)C(C)(C)C)C[C@H]1COC(C)(C)N1C(=O)OC(C)(C)C. The molecule has 1 aliphatic heterocycles. The summed E-state index contributed by atoms with van der Waals surface area (Å²) < 4.78 is 18.1. The molecule has 0 bridgehead atoms. The Morgan fingerprint density at radius 3 is 2.32 bits per heavy atom. The lowest BCUT2D eigenvalue weighted by Crippen LogP contribution is -2.50. The van der Waals surface area contributed by atoms with Crippen molar-refractivity contribution in [2.45, 2.75) is 104 Å². The number of hydrogen-bond acceptors (Lipinski definition) is 4. The van der Waals surface area contributed by atoms with Gasteiger partial charge in [0, 0.05) is 6.61 Å². The zero-order chi connectivity index (χ0) is 22.0. The van der Waals surface area contributed by atoms with Crippen molar-refractivity contribution in [3.8, 4) is 0 Å². The Labute approximate surface area is 173 Å². The van der Waals surface area contributed by atoms with Gasteiger partial charge < -0.3 is 13.9 Å². The lowest BCUT2D eigenvalue weighted by atomic mass is 9.97. The fourth-order valence-electron chi connectivity index (χ4n) is 3.13. The van der Waals surface area contributed by atoms with Crippen molar-refractivity contribution in [2.75, 3.05) is 13.2 Å².